The van der Waals surface area contributed by atoms with E-state index in [0.29, 0.717) is 18.2 Å². The molecule has 2 aliphatic rings. The fraction of sp³-hybridized carbons (Fsp3) is 0.529. The van der Waals surface area contributed by atoms with Gasteiger partial charge in [0.2, 0.25) is 5.91 Å². The van der Waals surface area contributed by atoms with Crippen LogP contribution in [0.4, 0.5) is 10.9 Å². The monoisotopic (exact) mass is 341 g/mol. The fourth-order valence-corrected chi connectivity index (χ4v) is 4.21. The number of amides is 1. The molecule has 2 aromatic rings. The van der Waals surface area contributed by atoms with Crippen molar-refractivity contribution in [2.75, 3.05) is 23.3 Å². The molecule has 3 heterocycles. The molecule has 4 rings (SSSR count). The molecule has 1 saturated heterocycles. The lowest BCUT2D eigenvalue weighted by Gasteiger charge is -2.31. The first-order valence-corrected chi connectivity index (χ1v) is 9.24. The number of aromatic nitrogens is 2. The Hall–Kier alpha value is -2.20. The zero-order valence-corrected chi connectivity index (χ0v) is 14.2. The van der Waals surface area contributed by atoms with Crippen molar-refractivity contribution < 1.29 is 4.79 Å². The Morgan fingerprint density at radius 3 is 3.12 bits per heavy atom. The molecule has 7 heteroatoms. The van der Waals surface area contributed by atoms with Crippen LogP contribution in [0.15, 0.2) is 12.3 Å². The lowest BCUT2D eigenvalue weighted by atomic mass is 9.96. The predicted molar refractivity (Wildman–Crippen MR) is 93.9 cm³/mol. The minimum atomic E-state index is 0.0667. The minimum Gasteiger partial charge on any atom is -0.348 e. The molecule has 1 amide bonds. The molecule has 124 valence electrons. The van der Waals surface area contributed by atoms with Crippen LogP contribution in [-0.2, 0) is 4.79 Å². The number of carbonyl (C=O) groups is 1. The van der Waals surface area contributed by atoms with Gasteiger partial charge in [-0.2, -0.15) is 5.26 Å². The van der Waals surface area contributed by atoms with Gasteiger partial charge in [0.25, 0.3) is 0 Å². The van der Waals surface area contributed by atoms with Crippen LogP contribution in [0.5, 0.6) is 0 Å². The van der Waals surface area contributed by atoms with Gasteiger partial charge in [0.05, 0.1) is 16.3 Å². The van der Waals surface area contributed by atoms with Crippen LogP contribution >= 0.6 is 11.3 Å². The Morgan fingerprint density at radius 2 is 2.33 bits per heavy atom. The van der Waals surface area contributed by atoms with Crippen molar-refractivity contribution in [1.29, 1.82) is 5.26 Å². The highest BCUT2D eigenvalue weighted by molar-refractivity contribution is 7.22. The summed E-state index contributed by atoms with van der Waals surface area (Å²) in [7, 11) is 0. The largest absolute Gasteiger partial charge is 0.348 e. The van der Waals surface area contributed by atoms with E-state index in [4.69, 9.17) is 10.2 Å². The van der Waals surface area contributed by atoms with E-state index in [0.717, 1.165) is 54.1 Å². The highest BCUT2D eigenvalue weighted by Crippen LogP contribution is 2.36. The summed E-state index contributed by atoms with van der Waals surface area (Å²) in [6.45, 7) is 1.85. The Bertz CT molecular complexity index is 807. The Kier molecular flexibility index (Phi) is 4.07. The van der Waals surface area contributed by atoms with Crippen molar-refractivity contribution in [3.8, 4) is 6.07 Å². The van der Waals surface area contributed by atoms with Gasteiger partial charge in [0.1, 0.15) is 0 Å². The number of hydrogen-bond acceptors (Lipinski definition) is 6. The number of anilines is 2. The number of nitrogens with one attached hydrogen (secondary N) is 1. The summed E-state index contributed by atoms with van der Waals surface area (Å²) in [6.07, 6.45) is 6.45. The van der Waals surface area contributed by atoms with Crippen molar-refractivity contribution >= 4 is 38.4 Å². The summed E-state index contributed by atoms with van der Waals surface area (Å²) in [4.78, 5) is 23.4. The molecule has 0 radical (unpaired) electrons. The quantitative estimate of drug-likeness (QED) is 0.923. The van der Waals surface area contributed by atoms with Gasteiger partial charge in [-0.15, -0.1) is 0 Å². The van der Waals surface area contributed by atoms with Crippen molar-refractivity contribution in [2.45, 2.75) is 32.1 Å². The average molecular weight is 341 g/mol. The van der Waals surface area contributed by atoms with Gasteiger partial charge >= 0.3 is 0 Å². The third-order valence-corrected chi connectivity index (χ3v) is 5.79. The zero-order chi connectivity index (χ0) is 16.5. The summed E-state index contributed by atoms with van der Waals surface area (Å²) in [6, 6.07) is 4.17. The van der Waals surface area contributed by atoms with E-state index in [9.17, 15) is 4.79 Å². The highest BCUT2D eigenvalue weighted by Gasteiger charge is 2.30. The van der Waals surface area contributed by atoms with Gasteiger partial charge < -0.3 is 10.2 Å². The number of nitrogens with zero attached hydrogens (tertiary/aromatic N) is 4. The van der Waals surface area contributed by atoms with E-state index in [1.165, 1.54) is 0 Å². The molecule has 0 unspecified atom stereocenters. The summed E-state index contributed by atoms with van der Waals surface area (Å²) in [5, 5.41) is 12.8. The van der Waals surface area contributed by atoms with E-state index in [-0.39, 0.29) is 11.8 Å². The standard InChI is InChI=1S/C17H19N5OS/c18-7-5-11-2-1-9-22(10-11)17-20-13-6-8-19-15(14(13)24-17)21-16(23)12-3-4-12/h6,8,11-12H,1-5,9-10H2,(H,19,21,23)/t11-/m1/s1. The number of fused-ring (bicyclic) bond motifs is 1. The number of thiazole rings is 1. The number of carbonyl (C=O) groups excluding carboxylic acids is 1. The van der Waals surface area contributed by atoms with E-state index < -0.39 is 0 Å². The first-order chi connectivity index (χ1) is 11.7. The summed E-state index contributed by atoms with van der Waals surface area (Å²) < 4.78 is 0.934. The van der Waals surface area contributed by atoms with Crippen LogP contribution in [0.1, 0.15) is 32.1 Å². The topological polar surface area (TPSA) is 81.9 Å². The maximum atomic E-state index is 12.0. The van der Waals surface area contributed by atoms with Crippen LogP contribution in [-0.4, -0.2) is 29.0 Å². The molecule has 6 nitrogen and oxygen atoms in total. The highest BCUT2D eigenvalue weighted by atomic mass is 32.1. The van der Waals surface area contributed by atoms with Gasteiger partial charge in [-0.3, -0.25) is 4.79 Å². The minimum absolute atomic E-state index is 0.0667. The van der Waals surface area contributed by atoms with E-state index in [2.05, 4.69) is 21.3 Å². The third-order valence-electron chi connectivity index (χ3n) is 4.65. The molecule has 1 N–H and O–H groups in total. The summed E-state index contributed by atoms with van der Waals surface area (Å²) in [5.74, 6) is 1.27. The lowest BCUT2D eigenvalue weighted by molar-refractivity contribution is -0.117. The Morgan fingerprint density at radius 1 is 1.46 bits per heavy atom. The zero-order valence-electron chi connectivity index (χ0n) is 13.4. The number of rotatable bonds is 4. The molecular formula is C17H19N5OS. The van der Waals surface area contributed by atoms with Crippen LogP contribution < -0.4 is 10.2 Å². The Balaban J connectivity index is 1.58. The predicted octanol–water partition coefficient (Wildman–Crippen LogP) is 3.17. The van der Waals surface area contributed by atoms with E-state index in [1.807, 2.05) is 6.07 Å². The van der Waals surface area contributed by atoms with Gasteiger partial charge in [0, 0.05) is 31.6 Å². The molecule has 2 fully saturated rings. The summed E-state index contributed by atoms with van der Waals surface area (Å²) >= 11 is 1.58. The number of piperidine rings is 1. The Labute approximate surface area is 144 Å². The average Bonchev–Trinajstić information content (AvgIpc) is 3.35. The van der Waals surface area contributed by atoms with Crippen LogP contribution in [0.25, 0.3) is 10.2 Å². The summed E-state index contributed by atoms with van der Waals surface area (Å²) in [5.41, 5.74) is 0.874. The number of pyridine rings is 1. The van der Waals surface area contributed by atoms with Crippen molar-refractivity contribution in [2.24, 2.45) is 11.8 Å². The lowest BCUT2D eigenvalue weighted by Crippen LogP contribution is -2.35. The molecule has 2 aromatic heterocycles. The number of nitriles is 1. The second-order valence-electron chi connectivity index (χ2n) is 6.58. The van der Waals surface area contributed by atoms with Gasteiger partial charge in [-0.25, -0.2) is 9.97 Å². The number of hydrogen-bond donors (Lipinski definition) is 1. The maximum Gasteiger partial charge on any atom is 0.228 e. The molecule has 1 aliphatic heterocycles. The molecule has 24 heavy (non-hydrogen) atoms. The second kappa shape index (κ2) is 6.36. The van der Waals surface area contributed by atoms with Gasteiger partial charge in [0.15, 0.2) is 10.9 Å². The molecule has 0 aromatic carbocycles. The maximum absolute atomic E-state index is 12.0. The van der Waals surface area contributed by atoms with Gasteiger partial charge in [-0.1, -0.05) is 11.3 Å². The van der Waals surface area contributed by atoms with Gasteiger partial charge in [-0.05, 0) is 37.7 Å². The van der Waals surface area contributed by atoms with Crippen molar-refractivity contribution in [3.63, 3.8) is 0 Å². The smallest absolute Gasteiger partial charge is 0.228 e. The first kappa shape index (κ1) is 15.3. The molecule has 1 aliphatic carbocycles. The third kappa shape index (κ3) is 3.06. The molecule has 0 spiro atoms. The van der Waals surface area contributed by atoms with Crippen LogP contribution in [0, 0.1) is 23.2 Å². The van der Waals surface area contributed by atoms with Crippen molar-refractivity contribution in [3.05, 3.63) is 12.3 Å². The first-order valence-electron chi connectivity index (χ1n) is 8.43. The van der Waals surface area contributed by atoms with Crippen molar-refractivity contribution in [1.82, 2.24) is 9.97 Å². The molecule has 0 bridgehead atoms. The van der Waals surface area contributed by atoms with Crippen LogP contribution in [0.2, 0.25) is 0 Å². The second-order valence-corrected chi connectivity index (χ2v) is 7.56. The SMILES string of the molecule is N#CC[C@H]1CCCN(c2nc3ccnc(NC(=O)C4CC4)c3s2)C1. The molecule has 1 saturated carbocycles. The van der Waals surface area contributed by atoms with E-state index in [1.54, 1.807) is 17.5 Å². The normalized spacial score (nSPS) is 20.8. The van der Waals surface area contributed by atoms with E-state index >= 15 is 0 Å². The fourth-order valence-electron chi connectivity index (χ4n) is 3.17. The molecular weight excluding hydrogens is 322 g/mol. The van der Waals surface area contributed by atoms with Crippen LogP contribution in [0.3, 0.4) is 0 Å². The molecule has 1 atom stereocenters.